The number of rotatable bonds is 7. The Kier molecular flexibility index (Phi) is 7.67. The molecule has 1 saturated carbocycles. The van der Waals surface area contributed by atoms with E-state index in [9.17, 15) is 0 Å². The predicted octanol–water partition coefficient (Wildman–Crippen LogP) is 4.40. The Morgan fingerprint density at radius 2 is 1.89 bits per heavy atom. The third-order valence-electron chi connectivity index (χ3n) is 4.74. The van der Waals surface area contributed by atoms with E-state index in [1.807, 2.05) is 48.5 Å². The second-order valence-corrected chi connectivity index (χ2v) is 7.27. The topological polar surface area (TPSA) is 54.9 Å². The molecule has 6 heteroatoms. The minimum Gasteiger partial charge on any atom is -0.493 e. The highest BCUT2D eigenvalue weighted by atomic mass is 32.1. The molecule has 0 unspecified atom stereocenters. The van der Waals surface area contributed by atoms with Crippen LogP contribution in [0.2, 0.25) is 0 Å². The smallest absolute Gasteiger partial charge is 0.187 e. The summed E-state index contributed by atoms with van der Waals surface area (Å²) < 4.78 is 11.3. The van der Waals surface area contributed by atoms with E-state index < -0.39 is 0 Å². The van der Waals surface area contributed by atoms with Crippen molar-refractivity contribution in [2.75, 3.05) is 7.11 Å². The normalized spacial score (nSPS) is 14.6. The van der Waals surface area contributed by atoms with Gasteiger partial charge in [-0.2, -0.15) is 5.10 Å². The second-order valence-electron chi connectivity index (χ2n) is 6.86. The third-order valence-corrected chi connectivity index (χ3v) is 4.95. The number of nitrogens with one attached hydrogen (secondary N) is 2. The Balaban J connectivity index is 1.52. The van der Waals surface area contributed by atoms with Crippen molar-refractivity contribution in [1.29, 1.82) is 0 Å². The van der Waals surface area contributed by atoms with Gasteiger partial charge in [0, 0.05) is 6.04 Å². The summed E-state index contributed by atoms with van der Waals surface area (Å²) >= 11 is 5.32. The van der Waals surface area contributed by atoms with Gasteiger partial charge in [0.05, 0.1) is 13.3 Å². The van der Waals surface area contributed by atoms with Crippen LogP contribution in [0.1, 0.15) is 43.2 Å². The Labute approximate surface area is 172 Å². The van der Waals surface area contributed by atoms with Gasteiger partial charge in [0.1, 0.15) is 6.61 Å². The van der Waals surface area contributed by atoms with Gasteiger partial charge in [-0.25, -0.2) is 0 Å². The third kappa shape index (κ3) is 6.23. The highest BCUT2D eigenvalue weighted by Gasteiger charge is 2.13. The first kappa shape index (κ1) is 20.1. The first-order valence-electron chi connectivity index (χ1n) is 9.69. The van der Waals surface area contributed by atoms with Crippen molar-refractivity contribution in [3.05, 3.63) is 59.7 Å². The molecule has 0 aliphatic heterocycles. The molecule has 0 heterocycles. The number of ether oxygens (including phenoxy) is 2. The lowest BCUT2D eigenvalue weighted by Gasteiger charge is -2.23. The summed E-state index contributed by atoms with van der Waals surface area (Å²) in [6, 6.07) is 16.2. The van der Waals surface area contributed by atoms with E-state index in [2.05, 4.69) is 15.8 Å². The number of benzene rings is 2. The van der Waals surface area contributed by atoms with Crippen molar-refractivity contribution >= 4 is 23.5 Å². The fraction of sp³-hybridized carbons (Fsp3) is 0.364. The van der Waals surface area contributed by atoms with Crippen LogP contribution in [0.25, 0.3) is 0 Å². The number of nitrogens with zero attached hydrogens (tertiary/aromatic N) is 1. The highest BCUT2D eigenvalue weighted by molar-refractivity contribution is 7.80. The van der Waals surface area contributed by atoms with Gasteiger partial charge in [-0.05, 0) is 54.4 Å². The van der Waals surface area contributed by atoms with Crippen LogP contribution >= 0.6 is 12.2 Å². The Hall–Kier alpha value is -2.60. The molecule has 1 fully saturated rings. The number of methoxy groups -OCH3 is 1. The molecule has 1 aliphatic carbocycles. The van der Waals surface area contributed by atoms with Crippen molar-refractivity contribution in [2.24, 2.45) is 5.10 Å². The largest absolute Gasteiger partial charge is 0.493 e. The molecule has 148 valence electrons. The molecule has 0 bridgehead atoms. The molecule has 0 amide bonds. The van der Waals surface area contributed by atoms with Crippen LogP contribution in [0, 0.1) is 0 Å². The molecule has 2 N–H and O–H groups in total. The van der Waals surface area contributed by atoms with E-state index in [-0.39, 0.29) is 0 Å². The zero-order chi connectivity index (χ0) is 19.6. The number of hydrogen-bond acceptors (Lipinski definition) is 4. The zero-order valence-corrected chi connectivity index (χ0v) is 17.0. The average Bonchev–Trinajstić information content (AvgIpc) is 2.74. The van der Waals surface area contributed by atoms with Crippen molar-refractivity contribution in [1.82, 2.24) is 10.7 Å². The summed E-state index contributed by atoms with van der Waals surface area (Å²) in [4.78, 5) is 0. The van der Waals surface area contributed by atoms with Crippen molar-refractivity contribution in [2.45, 2.75) is 44.8 Å². The summed E-state index contributed by atoms with van der Waals surface area (Å²) in [5.74, 6) is 1.37. The van der Waals surface area contributed by atoms with E-state index in [1.54, 1.807) is 13.3 Å². The molecule has 1 aliphatic rings. The first-order chi connectivity index (χ1) is 13.7. The van der Waals surface area contributed by atoms with Crippen LogP contribution < -0.4 is 20.2 Å². The maximum Gasteiger partial charge on any atom is 0.187 e. The number of hydrazone groups is 1. The van der Waals surface area contributed by atoms with Crippen molar-refractivity contribution in [3.63, 3.8) is 0 Å². The van der Waals surface area contributed by atoms with Gasteiger partial charge >= 0.3 is 0 Å². The van der Waals surface area contributed by atoms with Gasteiger partial charge in [0.15, 0.2) is 16.6 Å². The lowest BCUT2D eigenvalue weighted by molar-refractivity contribution is 0.284. The minimum atomic E-state index is 0.463. The van der Waals surface area contributed by atoms with Crippen LogP contribution in [-0.2, 0) is 6.61 Å². The average molecular weight is 398 g/mol. The van der Waals surface area contributed by atoms with Gasteiger partial charge < -0.3 is 14.8 Å². The Morgan fingerprint density at radius 3 is 2.64 bits per heavy atom. The molecule has 2 aromatic carbocycles. The van der Waals surface area contributed by atoms with Crippen LogP contribution in [0.3, 0.4) is 0 Å². The van der Waals surface area contributed by atoms with E-state index in [0.29, 0.717) is 29.3 Å². The van der Waals surface area contributed by atoms with Crippen LogP contribution in [-0.4, -0.2) is 24.5 Å². The van der Waals surface area contributed by atoms with Gasteiger partial charge in [-0.15, -0.1) is 0 Å². The van der Waals surface area contributed by atoms with E-state index in [1.165, 1.54) is 32.1 Å². The van der Waals surface area contributed by atoms with Gasteiger partial charge in [0.2, 0.25) is 0 Å². The molecular formula is C22H27N3O2S. The first-order valence-corrected chi connectivity index (χ1v) is 10.1. The molecule has 0 atom stereocenters. The Morgan fingerprint density at radius 1 is 1.11 bits per heavy atom. The lowest BCUT2D eigenvalue weighted by atomic mass is 9.96. The standard InChI is InChI=1S/C22H27N3O2S/c1-26-21-14-18(12-13-20(21)27-16-17-8-4-2-5-9-17)15-23-25-22(28)24-19-10-6-3-7-11-19/h2,4-5,8-9,12-15,19H,3,6-7,10-11,16H2,1H3,(H2,24,25,28)/b23-15+. The molecule has 3 rings (SSSR count). The van der Waals surface area contributed by atoms with Crippen LogP contribution in [0.4, 0.5) is 0 Å². The fourth-order valence-corrected chi connectivity index (χ4v) is 3.47. The quantitative estimate of drug-likeness (QED) is 0.412. The minimum absolute atomic E-state index is 0.463. The van der Waals surface area contributed by atoms with E-state index in [4.69, 9.17) is 21.7 Å². The summed E-state index contributed by atoms with van der Waals surface area (Å²) in [6.45, 7) is 0.493. The van der Waals surface area contributed by atoms with Crippen molar-refractivity contribution < 1.29 is 9.47 Å². The van der Waals surface area contributed by atoms with Crippen LogP contribution in [0.15, 0.2) is 53.6 Å². The maximum atomic E-state index is 5.88. The molecule has 2 aromatic rings. The maximum absolute atomic E-state index is 5.88. The fourth-order valence-electron chi connectivity index (χ4n) is 3.25. The van der Waals surface area contributed by atoms with Gasteiger partial charge in [-0.1, -0.05) is 49.6 Å². The molecule has 0 spiro atoms. The SMILES string of the molecule is COc1cc(/C=N/NC(=S)NC2CCCCC2)ccc1OCc1ccccc1. The number of hydrogen-bond donors (Lipinski definition) is 2. The monoisotopic (exact) mass is 397 g/mol. The Bertz CT molecular complexity index is 790. The molecular weight excluding hydrogens is 370 g/mol. The molecule has 0 saturated heterocycles. The summed E-state index contributed by atoms with van der Waals surface area (Å²) in [5, 5.41) is 8.13. The number of thiocarbonyl (C=S) groups is 1. The van der Waals surface area contributed by atoms with Crippen LogP contribution in [0.5, 0.6) is 11.5 Å². The predicted molar refractivity (Wildman–Crippen MR) is 117 cm³/mol. The summed E-state index contributed by atoms with van der Waals surface area (Å²) in [7, 11) is 1.63. The van der Waals surface area contributed by atoms with Gasteiger partial charge in [-0.3, -0.25) is 5.43 Å². The van der Waals surface area contributed by atoms with E-state index in [0.717, 1.165) is 11.1 Å². The summed E-state index contributed by atoms with van der Waals surface area (Å²) in [5.41, 5.74) is 4.90. The van der Waals surface area contributed by atoms with Gasteiger partial charge in [0.25, 0.3) is 0 Å². The zero-order valence-electron chi connectivity index (χ0n) is 16.2. The highest BCUT2D eigenvalue weighted by Crippen LogP contribution is 2.28. The lowest BCUT2D eigenvalue weighted by Crippen LogP contribution is -2.40. The second kappa shape index (κ2) is 10.7. The molecule has 28 heavy (non-hydrogen) atoms. The molecule has 0 radical (unpaired) electrons. The molecule has 5 nitrogen and oxygen atoms in total. The van der Waals surface area contributed by atoms with E-state index >= 15 is 0 Å². The summed E-state index contributed by atoms with van der Waals surface area (Å²) in [6.07, 6.45) is 7.92. The van der Waals surface area contributed by atoms with Crippen molar-refractivity contribution in [3.8, 4) is 11.5 Å². The molecule has 0 aromatic heterocycles.